The van der Waals surface area contributed by atoms with E-state index in [-0.39, 0.29) is 12.5 Å². The predicted molar refractivity (Wildman–Crippen MR) is 84.1 cm³/mol. The summed E-state index contributed by atoms with van der Waals surface area (Å²) in [4.78, 5) is 35.6. The maximum atomic E-state index is 12.4. The lowest BCUT2D eigenvalue weighted by atomic mass is 10.0. The standard InChI is InChI=1S/C16H22N2O5/c1-10(2)14(16(21)23-9-13(19)17-3)18-15(20)11-7-5-6-8-12(11)22-4/h5-8,10,14H,9H2,1-4H3,(H,17,19)(H,18,20)/t14-/m0/s1. The molecule has 0 spiro atoms. The summed E-state index contributed by atoms with van der Waals surface area (Å²) in [6.07, 6.45) is 0. The van der Waals surface area contributed by atoms with Gasteiger partial charge in [0.2, 0.25) is 0 Å². The molecule has 1 aromatic carbocycles. The maximum Gasteiger partial charge on any atom is 0.329 e. The Kier molecular flexibility index (Phi) is 7.05. The average molecular weight is 322 g/mol. The molecule has 0 saturated heterocycles. The van der Waals surface area contributed by atoms with Crippen molar-refractivity contribution in [3.8, 4) is 5.75 Å². The summed E-state index contributed by atoms with van der Waals surface area (Å²) in [5.41, 5.74) is 0.319. The lowest BCUT2D eigenvalue weighted by Crippen LogP contribution is -2.46. The Labute approximate surface area is 135 Å². The third-order valence-electron chi connectivity index (χ3n) is 3.18. The number of hydrogen-bond acceptors (Lipinski definition) is 5. The van der Waals surface area contributed by atoms with Crippen LogP contribution in [-0.4, -0.2) is 44.6 Å². The second-order valence-electron chi connectivity index (χ2n) is 5.18. The van der Waals surface area contributed by atoms with Crippen LogP contribution in [-0.2, 0) is 14.3 Å². The van der Waals surface area contributed by atoms with Crippen LogP contribution in [0.15, 0.2) is 24.3 Å². The number of rotatable bonds is 7. The van der Waals surface area contributed by atoms with Gasteiger partial charge < -0.3 is 20.1 Å². The van der Waals surface area contributed by atoms with Gasteiger partial charge in [0.25, 0.3) is 11.8 Å². The molecule has 0 fully saturated rings. The molecule has 0 aromatic heterocycles. The molecule has 0 bridgehead atoms. The number of amides is 2. The Balaban J connectivity index is 2.81. The average Bonchev–Trinajstić information content (AvgIpc) is 2.56. The molecule has 0 aliphatic carbocycles. The fourth-order valence-corrected chi connectivity index (χ4v) is 1.85. The Morgan fingerprint density at radius 3 is 2.39 bits per heavy atom. The van der Waals surface area contributed by atoms with Gasteiger partial charge >= 0.3 is 5.97 Å². The van der Waals surface area contributed by atoms with E-state index in [0.29, 0.717) is 11.3 Å². The van der Waals surface area contributed by atoms with Gasteiger partial charge in [-0.15, -0.1) is 0 Å². The number of carbonyl (C=O) groups excluding carboxylic acids is 3. The van der Waals surface area contributed by atoms with Crippen LogP contribution >= 0.6 is 0 Å². The third-order valence-corrected chi connectivity index (χ3v) is 3.18. The summed E-state index contributed by atoms with van der Waals surface area (Å²) in [5.74, 6) is -1.32. The Hall–Kier alpha value is -2.57. The van der Waals surface area contributed by atoms with E-state index < -0.39 is 23.8 Å². The van der Waals surface area contributed by atoms with Crippen molar-refractivity contribution >= 4 is 17.8 Å². The molecule has 0 heterocycles. The number of carbonyl (C=O) groups is 3. The highest BCUT2D eigenvalue weighted by Crippen LogP contribution is 2.17. The first-order chi connectivity index (χ1) is 10.9. The molecule has 2 amide bonds. The van der Waals surface area contributed by atoms with E-state index in [1.165, 1.54) is 14.2 Å². The molecule has 0 unspecified atom stereocenters. The summed E-state index contributed by atoms with van der Waals surface area (Å²) in [6.45, 7) is 3.16. The predicted octanol–water partition coefficient (Wildman–Crippen LogP) is 0.739. The lowest BCUT2D eigenvalue weighted by molar-refractivity contribution is -0.151. The van der Waals surface area contributed by atoms with Gasteiger partial charge in [0.05, 0.1) is 12.7 Å². The number of methoxy groups -OCH3 is 1. The van der Waals surface area contributed by atoms with E-state index in [1.807, 2.05) is 0 Å². The summed E-state index contributed by atoms with van der Waals surface area (Å²) < 4.78 is 10.0. The normalized spacial score (nSPS) is 11.5. The van der Waals surface area contributed by atoms with Crippen molar-refractivity contribution in [3.63, 3.8) is 0 Å². The van der Waals surface area contributed by atoms with Crippen molar-refractivity contribution in [1.29, 1.82) is 0 Å². The Morgan fingerprint density at radius 1 is 1.17 bits per heavy atom. The number of para-hydroxylation sites is 1. The highest BCUT2D eigenvalue weighted by atomic mass is 16.5. The third kappa shape index (κ3) is 5.28. The highest BCUT2D eigenvalue weighted by Gasteiger charge is 2.27. The van der Waals surface area contributed by atoms with Crippen LogP contribution in [0.4, 0.5) is 0 Å². The van der Waals surface area contributed by atoms with Gasteiger partial charge in [-0.2, -0.15) is 0 Å². The minimum absolute atomic E-state index is 0.203. The number of likely N-dealkylation sites (N-methyl/N-ethyl adjacent to an activating group) is 1. The van der Waals surface area contributed by atoms with E-state index in [0.717, 1.165) is 0 Å². The highest BCUT2D eigenvalue weighted by molar-refractivity contribution is 5.99. The molecule has 7 nitrogen and oxygen atoms in total. The molecule has 1 atom stereocenters. The molecule has 23 heavy (non-hydrogen) atoms. The molecule has 0 aliphatic rings. The van der Waals surface area contributed by atoms with Crippen LogP contribution < -0.4 is 15.4 Å². The van der Waals surface area contributed by atoms with Gasteiger partial charge in [0.1, 0.15) is 11.8 Å². The summed E-state index contributed by atoms with van der Waals surface area (Å²) >= 11 is 0. The number of hydrogen-bond donors (Lipinski definition) is 2. The fraction of sp³-hybridized carbons (Fsp3) is 0.438. The number of nitrogens with one attached hydrogen (secondary N) is 2. The van der Waals surface area contributed by atoms with E-state index >= 15 is 0 Å². The zero-order valence-corrected chi connectivity index (χ0v) is 13.7. The zero-order valence-electron chi connectivity index (χ0n) is 13.7. The van der Waals surface area contributed by atoms with E-state index in [4.69, 9.17) is 9.47 Å². The van der Waals surface area contributed by atoms with Crippen LogP contribution in [0.2, 0.25) is 0 Å². The van der Waals surface area contributed by atoms with Crippen LogP contribution in [0.3, 0.4) is 0 Å². The van der Waals surface area contributed by atoms with Crippen molar-refractivity contribution in [1.82, 2.24) is 10.6 Å². The first kappa shape index (κ1) is 18.5. The molecule has 0 radical (unpaired) electrons. The molecular formula is C16H22N2O5. The molecule has 1 aromatic rings. The van der Waals surface area contributed by atoms with Crippen LogP contribution in [0.1, 0.15) is 24.2 Å². The van der Waals surface area contributed by atoms with Crippen LogP contribution in [0, 0.1) is 5.92 Å². The van der Waals surface area contributed by atoms with Crippen LogP contribution in [0.5, 0.6) is 5.75 Å². The SMILES string of the molecule is CNC(=O)COC(=O)[C@@H](NC(=O)c1ccccc1OC)C(C)C. The van der Waals surface area contributed by atoms with Gasteiger partial charge in [-0.25, -0.2) is 4.79 Å². The number of benzene rings is 1. The van der Waals surface area contributed by atoms with Crippen LogP contribution in [0.25, 0.3) is 0 Å². The van der Waals surface area contributed by atoms with Gasteiger partial charge in [-0.1, -0.05) is 26.0 Å². The monoisotopic (exact) mass is 322 g/mol. The molecule has 0 saturated carbocycles. The lowest BCUT2D eigenvalue weighted by Gasteiger charge is -2.21. The van der Waals surface area contributed by atoms with Crippen molar-refractivity contribution < 1.29 is 23.9 Å². The molecule has 7 heteroatoms. The zero-order chi connectivity index (χ0) is 17.4. The Bertz CT molecular complexity index is 571. The van der Waals surface area contributed by atoms with E-state index in [2.05, 4.69) is 10.6 Å². The second kappa shape index (κ2) is 8.77. The fourth-order valence-electron chi connectivity index (χ4n) is 1.85. The summed E-state index contributed by atoms with van der Waals surface area (Å²) in [6, 6.07) is 5.83. The maximum absolute atomic E-state index is 12.4. The van der Waals surface area contributed by atoms with E-state index in [1.54, 1.807) is 38.1 Å². The molecule has 0 aliphatic heterocycles. The van der Waals surface area contributed by atoms with Gasteiger partial charge in [-0.3, -0.25) is 9.59 Å². The molecule has 2 N–H and O–H groups in total. The van der Waals surface area contributed by atoms with Gasteiger partial charge in [-0.05, 0) is 18.1 Å². The molecular weight excluding hydrogens is 300 g/mol. The first-order valence-electron chi connectivity index (χ1n) is 7.21. The number of esters is 1. The molecule has 1 rings (SSSR count). The van der Waals surface area contributed by atoms with Crippen molar-refractivity contribution in [2.45, 2.75) is 19.9 Å². The topological polar surface area (TPSA) is 93.7 Å². The van der Waals surface area contributed by atoms with Gasteiger partial charge in [0, 0.05) is 7.05 Å². The second-order valence-corrected chi connectivity index (χ2v) is 5.18. The van der Waals surface area contributed by atoms with E-state index in [9.17, 15) is 14.4 Å². The largest absolute Gasteiger partial charge is 0.496 e. The van der Waals surface area contributed by atoms with Crippen molar-refractivity contribution in [3.05, 3.63) is 29.8 Å². The van der Waals surface area contributed by atoms with Gasteiger partial charge in [0.15, 0.2) is 6.61 Å². The minimum Gasteiger partial charge on any atom is -0.496 e. The quantitative estimate of drug-likeness (QED) is 0.722. The number of ether oxygens (including phenoxy) is 2. The smallest absolute Gasteiger partial charge is 0.329 e. The Morgan fingerprint density at radius 2 is 1.83 bits per heavy atom. The first-order valence-corrected chi connectivity index (χ1v) is 7.21. The molecule has 126 valence electrons. The summed E-state index contributed by atoms with van der Waals surface area (Å²) in [5, 5.41) is 4.97. The minimum atomic E-state index is -0.864. The summed E-state index contributed by atoms with van der Waals surface area (Å²) in [7, 11) is 2.91. The van der Waals surface area contributed by atoms with Crippen molar-refractivity contribution in [2.24, 2.45) is 5.92 Å². The van der Waals surface area contributed by atoms with Crippen molar-refractivity contribution in [2.75, 3.05) is 20.8 Å².